The number of carbonyl (C=O) groups is 1. The van der Waals surface area contributed by atoms with Gasteiger partial charge in [0.2, 0.25) is 21.1 Å². The van der Waals surface area contributed by atoms with Crippen LogP contribution in [0.15, 0.2) is 22.5 Å². The summed E-state index contributed by atoms with van der Waals surface area (Å²) in [6.45, 7) is 7.25. The van der Waals surface area contributed by atoms with E-state index in [-0.39, 0.29) is 0 Å². The van der Waals surface area contributed by atoms with Crippen LogP contribution in [0.3, 0.4) is 0 Å². The number of hydrogen-bond acceptors (Lipinski definition) is 7. The Kier molecular flexibility index (Phi) is 6.64. The molecular weight excluding hydrogens is 392 g/mol. The van der Waals surface area contributed by atoms with E-state index >= 15 is 0 Å². The summed E-state index contributed by atoms with van der Waals surface area (Å²) in [4.78, 5) is 12.7. The van der Waals surface area contributed by atoms with Crippen molar-refractivity contribution in [3.8, 4) is 0 Å². The molecule has 2 aromatic rings. The molecule has 0 unspecified atom stereocenters. The zero-order valence-corrected chi connectivity index (χ0v) is 17.8. The van der Waals surface area contributed by atoms with Gasteiger partial charge in [-0.25, -0.2) is 8.42 Å². The summed E-state index contributed by atoms with van der Waals surface area (Å²) in [5.41, 5.74) is 2.19. The summed E-state index contributed by atoms with van der Waals surface area (Å²) < 4.78 is 26.7. The fourth-order valence-electron chi connectivity index (χ4n) is 2.39. The second-order valence-corrected chi connectivity index (χ2v) is 10.2. The van der Waals surface area contributed by atoms with Crippen LogP contribution in [0.4, 0.5) is 10.8 Å². The maximum absolute atomic E-state index is 12.7. The minimum absolute atomic E-state index is 0.354. The summed E-state index contributed by atoms with van der Waals surface area (Å²) in [5, 5.41) is 10.9. The molecule has 1 N–H and O–H groups in total. The van der Waals surface area contributed by atoms with E-state index in [0.29, 0.717) is 10.8 Å². The molecule has 0 spiro atoms. The first-order valence-electron chi connectivity index (χ1n) is 7.97. The van der Waals surface area contributed by atoms with Gasteiger partial charge in [0.1, 0.15) is 6.04 Å². The van der Waals surface area contributed by atoms with Crippen molar-refractivity contribution in [1.82, 2.24) is 10.2 Å². The lowest BCUT2D eigenvalue weighted by Gasteiger charge is -2.29. The molecule has 0 aliphatic heterocycles. The van der Waals surface area contributed by atoms with Crippen LogP contribution in [0, 0.1) is 13.8 Å². The van der Waals surface area contributed by atoms with E-state index in [2.05, 4.69) is 15.5 Å². The number of rotatable bonds is 7. The standard InChI is InChI=1S/C16H22N4O3S3/c1-6-24-16-19-18-15(25-16)17-14(21)12(4)20(26(5,22)23)13-9-10(2)7-8-11(13)3/h7-9,12H,6H2,1-5H3,(H,17,18,21)/t12-/m1/s1. The smallest absolute Gasteiger partial charge is 0.249 e. The number of sulfonamides is 1. The van der Waals surface area contributed by atoms with Crippen molar-refractivity contribution in [1.29, 1.82) is 0 Å². The number of aryl methyl sites for hydroxylation is 2. The van der Waals surface area contributed by atoms with Gasteiger partial charge in [-0.05, 0) is 43.7 Å². The molecule has 7 nitrogen and oxygen atoms in total. The molecule has 1 atom stereocenters. The first kappa shape index (κ1) is 20.7. The highest BCUT2D eigenvalue weighted by Gasteiger charge is 2.30. The molecule has 1 aromatic carbocycles. The first-order chi connectivity index (χ1) is 12.1. The van der Waals surface area contributed by atoms with E-state index in [1.165, 1.54) is 23.1 Å². The zero-order valence-electron chi connectivity index (χ0n) is 15.3. The molecule has 0 aliphatic rings. The summed E-state index contributed by atoms with van der Waals surface area (Å²) in [7, 11) is -3.66. The molecule has 2 rings (SSSR count). The van der Waals surface area contributed by atoms with E-state index < -0.39 is 22.0 Å². The maximum Gasteiger partial charge on any atom is 0.249 e. The number of nitrogens with one attached hydrogen (secondary N) is 1. The molecule has 1 heterocycles. The van der Waals surface area contributed by atoms with E-state index in [4.69, 9.17) is 0 Å². The molecule has 0 fully saturated rings. The minimum Gasteiger partial charge on any atom is -0.299 e. The molecule has 0 radical (unpaired) electrons. The molecule has 10 heteroatoms. The van der Waals surface area contributed by atoms with E-state index in [1.54, 1.807) is 13.0 Å². The van der Waals surface area contributed by atoms with Gasteiger partial charge in [0.15, 0.2) is 4.34 Å². The lowest BCUT2D eigenvalue weighted by Crippen LogP contribution is -2.45. The van der Waals surface area contributed by atoms with Gasteiger partial charge in [-0.2, -0.15) is 0 Å². The quantitative estimate of drug-likeness (QED) is 0.553. The van der Waals surface area contributed by atoms with Crippen molar-refractivity contribution in [3.63, 3.8) is 0 Å². The normalized spacial score (nSPS) is 12.7. The van der Waals surface area contributed by atoms with Gasteiger partial charge in [0.25, 0.3) is 0 Å². The summed E-state index contributed by atoms with van der Waals surface area (Å²) >= 11 is 2.79. The predicted molar refractivity (Wildman–Crippen MR) is 108 cm³/mol. The molecule has 0 bridgehead atoms. The highest BCUT2D eigenvalue weighted by molar-refractivity contribution is 8.01. The highest BCUT2D eigenvalue weighted by Crippen LogP contribution is 2.28. The summed E-state index contributed by atoms with van der Waals surface area (Å²) in [6.07, 6.45) is 1.10. The van der Waals surface area contributed by atoms with Crippen molar-refractivity contribution in [2.75, 3.05) is 21.6 Å². The largest absolute Gasteiger partial charge is 0.299 e. The van der Waals surface area contributed by atoms with Crippen LogP contribution in [0.5, 0.6) is 0 Å². The van der Waals surface area contributed by atoms with Crippen molar-refractivity contribution < 1.29 is 13.2 Å². The number of nitrogens with zero attached hydrogens (tertiary/aromatic N) is 3. The van der Waals surface area contributed by atoms with Crippen LogP contribution in [-0.2, 0) is 14.8 Å². The van der Waals surface area contributed by atoms with Gasteiger partial charge in [-0.1, -0.05) is 42.2 Å². The Morgan fingerprint density at radius 3 is 2.65 bits per heavy atom. The molecule has 0 aliphatic carbocycles. The molecule has 26 heavy (non-hydrogen) atoms. The second kappa shape index (κ2) is 8.36. The van der Waals surface area contributed by atoms with Gasteiger partial charge in [0.05, 0.1) is 11.9 Å². The molecule has 142 valence electrons. The van der Waals surface area contributed by atoms with E-state index in [0.717, 1.165) is 31.8 Å². The van der Waals surface area contributed by atoms with Crippen LogP contribution < -0.4 is 9.62 Å². The first-order valence-corrected chi connectivity index (χ1v) is 11.6. The van der Waals surface area contributed by atoms with Gasteiger partial charge >= 0.3 is 0 Å². The highest BCUT2D eigenvalue weighted by atomic mass is 32.2. The average molecular weight is 415 g/mol. The van der Waals surface area contributed by atoms with Crippen molar-refractivity contribution in [2.24, 2.45) is 0 Å². The number of benzene rings is 1. The Morgan fingerprint density at radius 2 is 2.04 bits per heavy atom. The number of thioether (sulfide) groups is 1. The Hall–Kier alpha value is -1.65. The molecule has 1 aromatic heterocycles. The fraction of sp³-hybridized carbons (Fsp3) is 0.438. The van der Waals surface area contributed by atoms with Crippen LogP contribution in [0.2, 0.25) is 0 Å². The molecule has 0 saturated carbocycles. The lowest BCUT2D eigenvalue weighted by molar-refractivity contribution is -0.116. The Labute approximate surface area is 162 Å². The van der Waals surface area contributed by atoms with Gasteiger partial charge in [-0.3, -0.25) is 14.4 Å². The number of amides is 1. The second-order valence-electron chi connectivity index (χ2n) is 5.82. The van der Waals surface area contributed by atoms with Crippen LogP contribution in [0.25, 0.3) is 0 Å². The Morgan fingerprint density at radius 1 is 1.35 bits per heavy atom. The third kappa shape index (κ3) is 4.95. The SMILES string of the molecule is CCSc1nnc(NC(=O)[C@@H](C)N(c2cc(C)ccc2C)S(C)(=O)=O)s1. The topological polar surface area (TPSA) is 92.3 Å². The van der Waals surface area contributed by atoms with Crippen molar-refractivity contribution in [2.45, 2.75) is 38.1 Å². The Bertz CT molecular complexity index is 896. The number of hydrogen-bond donors (Lipinski definition) is 1. The maximum atomic E-state index is 12.7. The van der Waals surface area contributed by atoms with Crippen molar-refractivity contribution in [3.05, 3.63) is 29.3 Å². The monoisotopic (exact) mass is 414 g/mol. The minimum atomic E-state index is -3.66. The zero-order chi connectivity index (χ0) is 19.5. The average Bonchev–Trinajstić information content (AvgIpc) is 2.97. The molecular formula is C16H22N4O3S3. The van der Waals surface area contributed by atoms with E-state index in [9.17, 15) is 13.2 Å². The summed E-state index contributed by atoms with van der Waals surface area (Å²) in [5.74, 6) is 0.397. The number of carbonyl (C=O) groups excluding carboxylic acids is 1. The molecule has 0 saturated heterocycles. The van der Waals surface area contributed by atoms with Gasteiger partial charge in [-0.15, -0.1) is 10.2 Å². The fourth-order valence-corrected chi connectivity index (χ4v) is 5.27. The third-order valence-corrected chi connectivity index (χ3v) is 6.68. The number of anilines is 2. The van der Waals surface area contributed by atoms with Crippen molar-refractivity contribution >= 4 is 49.8 Å². The van der Waals surface area contributed by atoms with Crippen LogP contribution in [0.1, 0.15) is 25.0 Å². The van der Waals surface area contributed by atoms with Crippen LogP contribution >= 0.6 is 23.1 Å². The van der Waals surface area contributed by atoms with Gasteiger partial charge < -0.3 is 0 Å². The summed E-state index contributed by atoms with van der Waals surface area (Å²) in [6, 6.07) is 4.57. The predicted octanol–water partition coefficient (Wildman–Crippen LogP) is 3.06. The third-order valence-electron chi connectivity index (χ3n) is 3.59. The van der Waals surface area contributed by atoms with Crippen LogP contribution in [-0.4, -0.2) is 42.6 Å². The lowest BCUT2D eigenvalue weighted by atomic mass is 10.1. The Balaban J connectivity index is 2.30. The molecule has 1 amide bonds. The van der Waals surface area contributed by atoms with E-state index in [1.807, 2.05) is 32.9 Å². The number of aromatic nitrogens is 2. The van der Waals surface area contributed by atoms with Gasteiger partial charge in [0, 0.05) is 0 Å².